The van der Waals surface area contributed by atoms with Crippen LogP contribution in [0.1, 0.15) is 54.5 Å². The number of hydrogen-bond donors (Lipinski definition) is 0. The Labute approximate surface area is 147 Å². The summed E-state index contributed by atoms with van der Waals surface area (Å²) in [6.07, 6.45) is 5.65. The first kappa shape index (κ1) is 17.8. The van der Waals surface area contributed by atoms with E-state index in [4.69, 9.17) is 0 Å². The fourth-order valence-corrected chi connectivity index (χ4v) is 3.47. The molecule has 1 aliphatic rings. The number of halogens is 3. The smallest absolute Gasteiger partial charge is 0.166 e. The fraction of sp³-hybridized carbons (Fsp3) is 0.364. The lowest BCUT2D eigenvalue weighted by Gasteiger charge is -2.20. The highest BCUT2D eigenvalue weighted by molar-refractivity contribution is 5.71. The van der Waals surface area contributed by atoms with E-state index in [0.29, 0.717) is 47.9 Å². The van der Waals surface area contributed by atoms with Crippen LogP contribution in [0.2, 0.25) is 0 Å². The molecule has 0 atom stereocenters. The molecule has 0 bridgehead atoms. The minimum absolute atomic E-state index is 0.156. The van der Waals surface area contributed by atoms with Crippen molar-refractivity contribution >= 4 is 5.57 Å². The van der Waals surface area contributed by atoms with Gasteiger partial charge in [-0.1, -0.05) is 50.6 Å². The van der Waals surface area contributed by atoms with E-state index in [0.717, 1.165) is 24.0 Å². The Bertz CT molecular complexity index is 819. The molecule has 0 spiro atoms. The summed E-state index contributed by atoms with van der Waals surface area (Å²) in [4.78, 5) is 0. The molecule has 0 unspecified atom stereocenters. The zero-order chi connectivity index (χ0) is 18.0. The number of fused-ring (bicyclic) bond motifs is 1. The van der Waals surface area contributed by atoms with Crippen molar-refractivity contribution < 1.29 is 13.2 Å². The predicted octanol–water partition coefficient (Wildman–Crippen LogP) is 6.19. The van der Waals surface area contributed by atoms with Crippen LogP contribution < -0.4 is 0 Å². The highest BCUT2D eigenvalue weighted by Gasteiger charge is 2.21. The molecule has 0 aromatic heterocycles. The van der Waals surface area contributed by atoms with Crippen LogP contribution in [0.4, 0.5) is 13.2 Å². The van der Waals surface area contributed by atoms with E-state index in [-0.39, 0.29) is 5.82 Å². The molecule has 0 saturated carbocycles. The van der Waals surface area contributed by atoms with E-state index in [9.17, 15) is 13.2 Å². The van der Waals surface area contributed by atoms with Gasteiger partial charge in [0.2, 0.25) is 0 Å². The largest absolute Gasteiger partial charge is 0.206 e. The van der Waals surface area contributed by atoms with Crippen LogP contribution in [0.25, 0.3) is 5.57 Å². The third-order valence-corrected chi connectivity index (χ3v) is 5.04. The van der Waals surface area contributed by atoms with Gasteiger partial charge < -0.3 is 0 Å². The topological polar surface area (TPSA) is 0 Å². The average Bonchev–Trinajstić information content (AvgIpc) is 2.63. The minimum Gasteiger partial charge on any atom is -0.206 e. The van der Waals surface area contributed by atoms with Gasteiger partial charge in [-0.3, -0.25) is 0 Å². The summed E-state index contributed by atoms with van der Waals surface area (Å²) in [5, 5.41) is 0. The number of unbranched alkanes of at least 4 members (excludes halogenated alkanes) is 1. The summed E-state index contributed by atoms with van der Waals surface area (Å²) in [6.45, 7) is 3.95. The van der Waals surface area contributed by atoms with Gasteiger partial charge in [-0.15, -0.1) is 0 Å². The second-order valence-electron chi connectivity index (χ2n) is 6.64. The van der Waals surface area contributed by atoms with E-state index in [1.807, 2.05) is 26.0 Å². The molecule has 0 saturated heterocycles. The van der Waals surface area contributed by atoms with Crippen LogP contribution >= 0.6 is 0 Å². The Balaban J connectivity index is 1.91. The molecular weight excluding hydrogens is 321 g/mol. The van der Waals surface area contributed by atoms with Crippen LogP contribution in [-0.4, -0.2) is 0 Å². The summed E-state index contributed by atoms with van der Waals surface area (Å²) in [5.74, 6) is -1.68. The van der Waals surface area contributed by atoms with Crippen LogP contribution in [0.5, 0.6) is 0 Å². The Morgan fingerprint density at radius 1 is 0.880 bits per heavy atom. The highest BCUT2D eigenvalue weighted by atomic mass is 19.2. The molecule has 25 heavy (non-hydrogen) atoms. The van der Waals surface area contributed by atoms with Crippen molar-refractivity contribution in [2.75, 3.05) is 0 Å². The summed E-state index contributed by atoms with van der Waals surface area (Å²) in [6, 6.07) is 7.05. The maximum absolute atomic E-state index is 14.6. The predicted molar refractivity (Wildman–Crippen MR) is 96.1 cm³/mol. The quantitative estimate of drug-likeness (QED) is 0.606. The number of hydrogen-bond acceptors (Lipinski definition) is 0. The Morgan fingerprint density at radius 2 is 1.64 bits per heavy atom. The lowest BCUT2D eigenvalue weighted by molar-refractivity contribution is 0.494. The second-order valence-corrected chi connectivity index (χ2v) is 6.64. The van der Waals surface area contributed by atoms with Crippen molar-refractivity contribution in [2.45, 2.75) is 52.4 Å². The number of benzene rings is 2. The van der Waals surface area contributed by atoms with Gasteiger partial charge in [0.05, 0.1) is 0 Å². The van der Waals surface area contributed by atoms with Gasteiger partial charge in [0, 0.05) is 5.56 Å². The van der Waals surface area contributed by atoms with Crippen LogP contribution in [0.15, 0.2) is 30.3 Å². The molecule has 132 valence electrons. The Kier molecular flexibility index (Phi) is 5.31. The highest BCUT2D eigenvalue weighted by Crippen LogP contribution is 2.33. The number of allylic oxidation sites excluding steroid dienone is 2. The molecule has 0 fully saturated rings. The van der Waals surface area contributed by atoms with Crippen LogP contribution in [-0.2, 0) is 25.7 Å². The van der Waals surface area contributed by atoms with Crippen molar-refractivity contribution in [3.8, 4) is 0 Å². The average molecular weight is 344 g/mol. The summed E-state index contributed by atoms with van der Waals surface area (Å²) in [7, 11) is 0. The van der Waals surface area contributed by atoms with E-state index in [1.165, 1.54) is 0 Å². The fourth-order valence-electron chi connectivity index (χ4n) is 3.47. The lowest BCUT2D eigenvalue weighted by Crippen LogP contribution is -2.09. The maximum Gasteiger partial charge on any atom is 0.166 e. The number of rotatable bonds is 5. The number of aryl methyl sites for hydroxylation is 2. The van der Waals surface area contributed by atoms with Crippen LogP contribution in [0.3, 0.4) is 0 Å². The van der Waals surface area contributed by atoms with Gasteiger partial charge in [-0.25, -0.2) is 13.2 Å². The maximum atomic E-state index is 14.6. The molecule has 2 aromatic rings. The molecule has 0 nitrogen and oxygen atoms in total. The van der Waals surface area contributed by atoms with Crippen molar-refractivity contribution in [3.63, 3.8) is 0 Å². The summed E-state index contributed by atoms with van der Waals surface area (Å²) >= 11 is 0. The third-order valence-electron chi connectivity index (χ3n) is 5.04. The first-order valence-corrected chi connectivity index (χ1v) is 9.02. The molecule has 0 aliphatic heterocycles. The van der Waals surface area contributed by atoms with Crippen molar-refractivity contribution in [2.24, 2.45) is 0 Å². The molecule has 3 heteroatoms. The van der Waals surface area contributed by atoms with E-state index in [2.05, 4.69) is 0 Å². The minimum atomic E-state index is -0.783. The summed E-state index contributed by atoms with van der Waals surface area (Å²) < 4.78 is 43.3. The zero-order valence-corrected chi connectivity index (χ0v) is 14.8. The van der Waals surface area contributed by atoms with Gasteiger partial charge in [0.15, 0.2) is 11.6 Å². The van der Waals surface area contributed by atoms with Crippen molar-refractivity contribution in [1.82, 2.24) is 0 Å². The third kappa shape index (κ3) is 3.37. The standard InChI is InChI=1S/C22H23F3/c1-3-5-6-15-9-11-19(22(25)21(15)24)17-10-12-18-16(13-17)8-7-14(4-2)20(18)23/h7-11H,3-6,12-13H2,1-2H3. The molecule has 0 amide bonds. The molecule has 3 rings (SSSR count). The summed E-state index contributed by atoms with van der Waals surface area (Å²) in [5.41, 5.74) is 3.70. The SMILES string of the molecule is CCCCc1ccc(C2=CCc3c(ccc(CC)c3F)C2)c(F)c1F. The van der Waals surface area contributed by atoms with E-state index < -0.39 is 11.6 Å². The molecule has 2 aromatic carbocycles. The van der Waals surface area contributed by atoms with Gasteiger partial charge >= 0.3 is 0 Å². The van der Waals surface area contributed by atoms with E-state index >= 15 is 0 Å². The second kappa shape index (κ2) is 7.47. The molecule has 0 N–H and O–H groups in total. The van der Waals surface area contributed by atoms with Gasteiger partial charge in [-0.05, 0) is 59.9 Å². The monoisotopic (exact) mass is 344 g/mol. The molecule has 0 radical (unpaired) electrons. The van der Waals surface area contributed by atoms with Crippen LogP contribution in [0, 0.1) is 17.5 Å². The van der Waals surface area contributed by atoms with E-state index in [1.54, 1.807) is 18.2 Å². The molecule has 1 aliphatic carbocycles. The first-order chi connectivity index (χ1) is 12.1. The van der Waals surface area contributed by atoms with Crippen molar-refractivity contribution in [3.05, 3.63) is 75.6 Å². The van der Waals surface area contributed by atoms with Gasteiger partial charge in [0.25, 0.3) is 0 Å². The Hall–Kier alpha value is -2.03. The lowest BCUT2D eigenvalue weighted by atomic mass is 9.86. The Morgan fingerprint density at radius 3 is 2.36 bits per heavy atom. The van der Waals surface area contributed by atoms with Gasteiger partial charge in [0.1, 0.15) is 5.82 Å². The van der Waals surface area contributed by atoms with Gasteiger partial charge in [-0.2, -0.15) is 0 Å². The molecule has 0 heterocycles. The van der Waals surface area contributed by atoms with Crippen molar-refractivity contribution in [1.29, 1.82) is 0 Å². The zero-order valence-electron chi connectivity index (χ0n) is 14.8. The normalized spacial score (nSPS) is 13.6. The molecular formula is C22H23F3. The first-order valence-electron chi connectivity index (χ1n) is 9.02.